The fourth-order valence-electron chi connectivity index (χ4n) is 3.79. The van der Waals surface area contributed by atoms with Gasteiger partial charge in [-0.05, 0) is 36.6 Å². The normalized spacial score (nSPS) is 18.5. The number of carbonyl (C=O) groups is 3. The summed E-state index contributed by atoms with van der Waals surface area (Å²) in [5.41, 5.74) is 1.33. The third-order valence-electron chi connectivity index (χ3n) is 5.18. The van der Waals surface area contributed by atoms with Crippen molar-refractivity contribution in [2.75, 3.05) is 18.0 Å². The van der Waals surface area contributed by atoms with Crippen LogP contribution in [0.3, 0.4) is 0 Å². The van der Waals surface area contributed by atoms with Crippen LogP contribution < -0.4 is 10.2 Å². The Hall–Kier alpha value is -3.22. The van der Waals surface area contributed by atoms with E-state index < -0.39 is 11.9 Å². The number of rotatable bonds is 4. The van der Waals surface area contributed by atoms with Crippen molar-refractivity contribution in [1.82, 2.24) is 10.2 Å². The van der Waals surface area contributed by atoms with Crippen LogP contribution in [0.25, 0.3) is 0 Å². The molecule has 6 nitrogen and oxygen atoms in total. The third-order valence-corrected chi connectivity index (χ3v) is 5.18. The van der Waals surface area contributed by atoms with E-state index in [1.807, 2.05) is 30.3 Å². The van der Waals surface area contributed by atoms with Gasteiger partial charge in [-0.15, -0.1) is 0 Å². The van der Waals surface area contributed by atoms with Gasteiger partial charge in [-0.2, -0.15) is 0 Å². The Morgan fingerprint density at radius 1 is 1.14 bits per heavy atom. The van der Waals surface area contributed by atoms with Gasteiger partial charge in [0.25, 0.3) is 5.91 Å². The van der Waals surface area contributed by atoms with Gasteiger partial charge in [0, 0.05) is 13.1 Å². The van der Waals surface area contributed by atoms with E-state index in [0.29, 0.717) is 19.5 Å². The van der Waals surface area contributed by atoms with E-state index in [1.54, 1.807) is 0 Å². The van der Waals surface area contributed by atoms with E-state index >= 15 is 0 Å². The maximum atomic E-state index is 13.9. The zero-order valence-electron chi connectivity index (χ0n) is 15.2. The minimum absolute atomic E-state index is 0.152. The SMILES string of the molecule is O=C(CN1C(=O)[C@@H]2CCCN2C(=O)c2ccc(F)cc21)NCc1ccccc1. The van der Waals surface area contributed by atoms with Crippen LogP contribution in [-0.2, 0) is 16.1 Å². The Kier molecular flexibility index (Phi) is 4.81. The highest BCUT2D eigenvalue weighted by atomic mass is 19.1. The average molecular weight is 381 g/mol. The number of halogens is 1. The van der Waals surface area contributed by atoms with Gasteiger partial charge in [-0.25, -0.2) is 4.39 Å². The summed E-state index contributed by atoms with van der Waals surface area (Å²) in [5, 5.41) is 2.78. The molecule has 2 aromatic carbocycles. The molecule has 144 valence electrons. The van der Waals surface area contributed by atoms with Crippen LogP contribution in [0.15, 0.2) is 48.5 Å². The van der Waals surface area contributed by atoms with Gasteiger partial charge in [0.1, 0.15) is 18.4 Å². The lowest BCUT2D eigenvalue weighted by molar-refractivity contribution is -0.125. The molecule has 0 aromatic heterocycles. The Morgan fingerprint density at radius 3 is 2.71 bits per heavy atom. The molecule has 0 radical (unpaired) electrons. The molecule has 2 aliphatic heterocycles. The lowest BCUT2D eigenvalue weighted by Gasteiger charge is -2.25. The van der Waals surface area contributed by atoms with Crippen LogP contribution in [0.4, 0.5) is 10.1 Å². The Morgan fingerprint density at radius 2 is 1.93 bits per heavy atom. The fraction of sp³-hybridized carbons (Fsp3) is 0.286. The lowest BCUT2D eigenvalue weighted by atomic mass is 10.1. The first-order valence-corrected chi connectivity index (χ1v) is 9.27. The summed E-state index contributed by atoms with van der Waals surface area (Å²) in [5.74, 6) is -1.56. The second-order valence-electron chi connectivity index (χ2n) is 7.00. The molecule has 3 amide bonds. The number of anilines is 1. The van der Waals surface area contributed by atoms with E-state index in [2.05, 4.69) is 5.32 Å². The summed E-state index contributed by atoms with van der Waals surface area (Å²) >= 11 is 0. The first-order chi connectivity index (χ1) is 13.5. The van der Waals surface area contributed by atoms with Crippen molar-refractivity contribution < 1.29 is 18.8 Å². The first kappa shape index (κ1) is 18.2. The summed E-state index contributed by atoms with van der Waals surface area (Å²) in [7, 11) is 0. The summed E-state index contributed by atoms with van der Waals surface area (Å²) in [4.78, 5) is 41.2. The Balaban J connectivity index is 1.60. The number of fused-ring (bicyclic) bond motifs is 2. The molecule has 1 N–H and O–H groups in total. The fourth-order valence-corrected chi connectivity index (χ4v) is 3.79. The topological polar surface area (TPSA) is 69.7 Å². The number of amides is 3. The summed E-state index contributed by atoms with van der Waals surface area (Å²) in [6.45, 7) is 0.548. The van der Waals surface area contributed by atoms with Crippen LogP contribution in [0.2, 0.25) is 0 Å². The van der Waals surface area contributed by atoms with Gasteiger partial charge in [-0.3, -0.25) is 14.4 Å². The van der Waals surface area contributed by atoms with Gasteiger partial charge in [0.05, 0.1) is 11.3 Å². The quantitative estimate of drug-likeness (QED) is 0.882. The number of hydrogen-bond acceptors (Lipinski definition) is 3. The molecule has 0 saturated carbocycles. The number of benzene rings is 2. The molecule has 0 unspecified atom stereocenters. The maximum absolute atomic E-state index is 13.9. The molecule has 0 bridgehead atoms. The minimum Gasteiger partial charge on any atom is -0.350 e. The summed E-state index contributed by atoms with van der Waals surface area (Å²) in [6.07, 6.45) is 1.27. The third kappa shape index (κ3) is 3.35. The van der Waals surface area contributed by atoms with Crippen LogP contribution >= 0.6 is 0 Å². The van der Waals surface area contributed by atoms with Crippen LogP contribution in [0.5, 0.6) is 0 Å². The van der Waals surface area contributed by atoms with Gasteiger partial charge in [-0.1, -0.05) is 30.3 Å². The molecule has 0 aliphatic carbocycles. The highest BCUT2D eigenvalue weighted by Crippen LogP contribution is 2.32. The number of nitrogens with one attached hydrogen (secondary N) is 1. The van der Waals surface area contributed by atoms with Gasteiger partial charge in [0.2, 0.25) is 11.8 Å². The standard InChI is InChI=1S/C21H20FN3O3/c22-15-8-9-16-18(11-15)25(21(28)17-7-4-10-24(17)20(16)27)13-19(26)23-12-14-5-2-1-3-6-14/h1-3,5-6,8-9,11,17H,4,7,10,12-13H2,(H,23,26)/t17-/m0/s1. The molecule has 7 heteroatoms. The Bertz CT molecular complexity index is 932. The van der Waals surface area contributed by atoms with Crippen molar-refractivity contribution in [3.63, 3.8) is 0 Å². The number of hydrogen-bond donors (Lipinski definition) is 1. The molecule has 2 heterocycles. The van der Waals surface area contributed by atoms with Crippen LogP contribution in [-0.4, -0.2) is 41.8 Å². The molecule has 2 aromatic rings. The second-order valence-corrected chi connectivity index (χ2v) is 7.00. The predicted octanol–water partition coefficient (Wildman–Crippen LogP) is 2.09. The van der Waals surface area contributed by atoms with Crippen molar-refractivity contribution in [3.05, 3.63) is 65.5 Å². The molecule has 28 heavy (non-hydrogen) atoms. The largest absolute Gasteiger partial charge is 0.350 e. The van der Waals surface area contributed by atoms with Crippen molar-refractivity contribution in [3.8, 4) is 0 Å². The number of nitrogens with zero attached hydrogens (tertiary/aromatic N) is 2. The lowest BCUT2D eigenvalue weighted by Crippen LogP contribution is -2.48. The van der Waals surface area contributed by atoms with Crippen LogP contribution in [0.1, 0.15) is 28.8 Å². The molecule has 1 atom stereocenters. The van der Waals surface area contributed by atoms with Crippen molar-refractivity contribution in [2.24, 2.45) is 0 Å². The van der Waals surface area contributed by atoms with Gasteiger partial charge < -0.3 is 15.1 Å². The molecular weight excluding hydrogens is 361 g/mol. The monoisotopic (exact) mass is 381 g/mol. The first-order valence-electron chi connectivity index (χ1n) is 9.27. The van der Waals surface area contributed by atoms with E-state index in [0.717, 1.165) is 18.1 Å². The molecule has 0 spiro atoms. The summed E-state index contributed by atoms with van der Waals surface area (Å²) in [6, 6.07) is 12.5. The molecule has 4 rings (SSSR count). The van der Waals surface area contributed by atoms with E-state index in [1.165, 1.54) is 21.9 Å². The molecule has 1 saturated heterocycles. The molecular formula is C21H20FN3O3. The Labute approximate surface area is 161 Å². The minimum atomic E-state index is -0.607. The van der Waals surface area contributed by atoms with Gasteiger partial charge >= 0.3 is 0 Å². The predicted molar refractivity (Wildman–Crippen MR) is 101 cm³/mol. The van der Waals surface area contributed by atoms with E-state index in [-0.39, 0.29) is 35.5 Å². The molecule has 1 fully saturated rings. The number of carbonyl (C=O) groups excluding carboxylic acids is 3. The zero-order chi connectivity index (χ0) is 19.7. The second kappa shape index (κ2) is 7.42. The highest BCUT2D eigenvalue weighted by Gasteiger charge is 2.42. The van der Waals surface area contributed by atoms with Gasteiger partial charge in [0.15, 0.2) is 0 Å². The van der Waals surface area contributed by atoms with Crippen LogP contribution in [0, 0.1) is 5.82 Å². The summed E-state index contributed by atoms with van der Waals surface area (Å²) < 4.78 is 13.9. The highest BCUT2D eigenvalue weighted by molar-refractivity contribution is 6.12. The maximum Gasteiger partial charge on any atom is 0.256 e. The molecule has 2 aliphatic rings. The average Bonchev–Trinajstić information content (AvgIpc) is 3.17. The van der Waals surface area contributed by atoms with Crippen molar-refractivity contribution >= 4 is 23.4 Å². The van der Waals surface area contributed by atoms with Crippen molar-refractivity contribution in [1.29, 1.82) is 0 Å². The zero-order valence-corrected chi connectivity index (χ0v) is 15.2. The van der Waals surface area contributed by atoms with E-state index in [4.69, 9.17) is 0 Å². The van der Waals surface area contributed by atoms with E-state index in [9.17, 15) is 18.8 Å². The smallest absolute Gasteiger partial charge is 0.256 e. The van der Waals surface area contributed by atoms with Crippen molar-refractivity contribution in [2.45, 2.75) is 25.4 Å².